The molecule has 0 aliphatic carbocycles. The number of nitrogens with one attached hydrogen (secondary N) is 1. The van der Waals surface area contributed by atoms with Gasteiger partial charge in [-0.1, -0.05) is 6.92 Å². The molecule has 112 valence electrons. The molecule has 1 fully saturated rings. The smallest absolute Gasteiger partial charge is 0.311 e. The minimum absolute atomic E-state index is 0.246. The SMILES string of the molecule is COC(=O)Cc1csc(NCC(C)CN2CCCC2)n1. The van der Waals surface area contributed by atoms with Gasteiger partial charge < -0.3 is 15.0 Å². The number of aromatic nitrogens is 1. The Kier molecular flexibility index (Phi) is 5.79. The van der Waals surface area contributed by atoms with Gasteiger partial charge in [0.05, 0.1) is 19.2 Å². The largest absolute Gasteiger partial charge is 0.469 e. The molecule has 0 bridgehead atoms. The molecule has 1 unspecified atom stereocenters. The zero-order chi connectivity index (χ0) is 14.4. The van der Waals surface area contributed by atoms with Gasteiger partial charge in [-0.15, -0.1) is 11.3 Å². The number of nitrogens with zero attached hydrogens (tertiary/aromatic N) is 2. The van der Waals surface area contributed by atoms with Crippen molar-refractivity contribution < 1.29 is 9.53 Å². The number of likely N-dealkylation sites (tertiary alicyclic amines) is 1. The summed E-state index contributed by atoms with van der Waals surface area (Å²) in [6.45, 7) is 6.80. The molecule has 1 saturated heterocycles. The lowest BCUT2D eigenvalue weighted by atomic mass is 10.2. The molecule has 0 saturated carbocycles. The number of esters is 1. The van der Waals surface area contributed by atoms with Gasteiger partial charge in [0.25, 0.3) is 0 Å². The molecule has 20 heavy (non-hydrogen) atoms. The summed E-state index contributed by atoms with van der Waals surface area (Å²) in [5.41, 5.74) is 0.775. The van der Waals surface area contributed by atoms with E-state index in [4.69, 9.17) is 0 Å². The van der Waals surface area contributed by atoms with E-state index in [0.29, 0.717) is 5.92 Å². The van der Waals surface area contributed by atoms with E-state index in [1.54, 1.807) is 11.3 Å². The first kappa shape index (κ1) is 15.3. The lowest BCUT2D eigenvalue weighted by molar-refractivity contribution is -0.139. The van der Waals surface area contributed by atoms with Crippen molar-refractivity contribution in [3.05, 3.63) is 11.1 Å². The lowest BCUT2D eigenvalue weighted by Crippen LogP contribution is -2.28. The second-order valence-electron chi connectivity index (χ2n) is 5.39. The number of hydrogen-bond acceptors (Lipinski definition) is 6. The summed E-state index contributed by atoms with van der Waals surface area (Å²) in [7, 11) is 1.40. The minimum Gasteiger partial charge on any atom is -0.469 e. The number of carbonyl (C=O) groups is 1. The molecule has 1 atom stereocenters. The van der Waals surface area contributed by atoms with E-state index in [1.165, 1.54) is 33.0 Å². The zero-order valence-corrected chi connectivity index (χ0v) is 13.0. The Morgan fingerprint density at radius 3 is 3.00 bits per heavy atom. The van der Waals surface area contributed by atoms with Gasteiger partial charge in [-0.3, -0.25) is 4.79 Å². The summed E-state index contributed by atoms with van der Waals surface area (Å²) >= 11 is 1.54. The minimum atomic E-state index is -0.246. The van der Waals surface area contributed by atoms with Crippen molar-refractivity contribution in [3.63, 3.8) is 0 Å². The number of methoxy groups -OCH3 is 1. The maximum Gasteiger partial charge on any atom is 0.311 e. The fourth-order valence-electron chi connectivity index (χ4n) is 2.42. The first-order valence-corrected chi connectivity index (χ1v) is 8.03. The van der Waals surface area contributed by atoms with Gasteiger partial charge >= 0.3 is 5.97 Å². The number of rotatable bonds is 7. The standard InChI is InChI=1S/C14H23N3O2S/c1-11(9-17-5-3-4-6-17)8-15-14-16-12(10-20-14)7-13(18)19-2/h10-11H,3-9H2,1-2H3,(H,15,16). The van der Waals surface area contributed by atoms with Crippen LogP contribution >= 0.6 is 11.3 Å². The third kappa shape index (κ3) is 4.76. The van der Waals surface area contributed by atoms with Crippen LogP contribution in [0.2, 0.25) is 0 Å². The first-order chi connectivity index (χ1) is 9.67. The predicted molar refractivity (Wildman–Crippen MR) is 81.2 cm³/mol. The van der Waals surface area contributed by atoms with E-state index in [1.807, 2.05) is 5.38 Å². The zero-order valence-electron chi connectivity index (χ0n) is 12.2. The lowest BCUT2D eigenvalue weighted by Gasteiger charge is -2.20. The second-order valence-corrected chi connectivity index (χ2v) is 6.25. The number of anilines is 1. The topological polar surface area (TPSA) is 54.5 Å². The van der Waals surface area contributed by atoms with E-state index < -0.39 is 0 Å². The molecule has 2 rings (SSSR count). The average Bonchev–Trinajstić information content (AvgIpc) is 3.08. The molecule has 1 aromatic rings. The van der Waals surface area contributed by atoms with Gasteiger partial charge in [-0.2, -0.15) is 0 Å². The molecular formula is C14H23N3O2S. The van der Waals surface area contributed by atoms with E-state index in [2.05, 4.69) is 26.9 Å². The van der Waals surface area contributed by atoms with Crippen molar-refractivity contribution in [3.8, 4) is 0 Å². The molecule has 1 aliphatic rings. The first-order valence-electron chi connectivity index (χ1n) is 7.15. The number of thiazole rings is 1. The van der Waals surface area contributed by atoms with Crippen LogP contribution in [0.15, 0.2) is 5.38 Å². The highest BCUT2D eigenvalue weighted by atomic mass is 32.1. The molecule has 0 spiro atoms. The Labute approximate surface area is 124 Å². The van der Waals surface area contributed by atoms with Gasteiger partial charge in [0.1, 0.15) is 0 Å². The van der Waals surface area contributed by atoms with Gasteiger partial charge in [0.15, 0.2) is 5.13 Å². The van der Waals surface area contributed by atoms with Crippen LogP contribution in [0.5, 0.6) is 0 Å². The third-order valence-electron chi connectivity index (χ3n) is 3.48. The van der Waals surface area contributed by atoms with E-state index in [-0.39, 0.29) is 12.4 Å². The molecule has 6 heteroatoms. The monoisotopic (exact) mass is 297 g/mol. The van der Waals surface area contributed by atoms with Crippen LogP contribution < -0.4 is 5.32 Å². The van der Waals surface area contributed by atoms with Crippen LogP contribution in [-0.4, -0.2) is 49.1 Å². The van der Waals surface area contributed by atoms with Crippen molar-refractivity contribution in [2.45, 2.75) is 26.2 Å². The number of carbonyl (C=O) groups excluding carboxylic acids is 1. The molecule has 2 heterocycles. The van der Waals surface area contributed by atoms with Gasteiger partial charge in [0.2, 0.25) is 0 Å². The summed E-state index contributed by atoms with van der Waals surface area (Å²) in [6, 6.07) is 0. The van der Waals surface area contributed by atoms with E-state index in [0.717, 1.165) is 23.9 Å². The Morgan fingerprint density at radius 2 is 2.30 bits per heavy atom. The molecule has 1 aliphatic heterocycles. The van der Waals surface area contributed by atoms with Crippen LogP contribution in [0.25, 0.3) is 0 Å². The molecule has 1 aromatic heterocycles. The van der Waals surface area contributed by atoms with Gasteiger partial charge in [0, 0.05) is 18.5 Å². The highest BCUT2D eigenvalue weighted by Crippen LogP contribution is 2.17. The van der Waals surface area contributed by atoms with Crippen molar-refractivity contribution in [2.24, 2.45) is 5.92 Å². The van der Waals surface area contributed by atoms with Crippen LogP contribution in [0.3, 0.4) is 0 Å². The molecule has 0 radical (unpaired) electrons. The van der Waals surface area contributed by atoms with Crippen LogP contribution in [0, 0.1) is 5.92 Å². The maximum atomic E-state index is 11.2. The third-order valence-corrected chi connectivity index (χ3v) is 4.32. The van der Waals surface area contributed by atoms with Crippen molar-refractivity contribution in [2.75, 3.05) is 38.6 Å². The van der Waals surface area contributed by atoms with E-state index in [9.17, 15) is 4.79 Å². The van der Waals surface area contributed by atoms with Crippen molar-refractivity contribution >= 4 is 22.4 Å². The Morgan fingerprint density at radius 1 is 1.55 bits per heavy atom. The molecule has 0 amide bonds. The van der Waals surface area contributed by atoms with Crippen LogP contribution in [0.1, 0.15) is 25.5 Å². The van der Waals surface area contributed by atoms with E-state index >= 15 is 0 Å². The highest BCUT2D eigenvalue weighted by molar-refractivity contribution is 7.13. The fraction of sp³-hybridized carbons (Fsp3) is 0.714. The maximum absolute atomic E-state index is 11.2. The summed E-state index contributed by atoms with van der Waals surface area (Å²) in [4.78, 5) is 18.1. The summed E-state index contributed by atoms with van der Waals surface area (Å²) in [5, 5.41) is 6.15. The molecule has 0 aromatic carbocycles. The molecule has 5 nitrogen and oxygen atoms in total. The highest BCUT2D eigenvalue weighted by Gasteiger charge is 2.15. The van der Waals surface area contributed by atoms with Crippen LogP contribution in [0.4, 0.5) is 5.13 Å². The number of hydrogen-bond donors (Lipinski definition) is 1. The Balaban J connectivity index is 1.71. The molecular weight excluding hydrogens is 274 g/mol. The molecule has 1 N–H and O–H groups in total. The Hall–Kier alpha value is -1.14. The predicted octanol–water partition coefficient (Wildman–Crippen LogP) is 2.00. The van der Waals surface area contributed by atoms with Crippen LogP contribution in [-0.2, 0) is 16.0 Å². The average molecular weight is 297 g/mol. The van der Waals surface area contributed by atoms with Crippen molar-refractivity contribution in [1.29, 1.82) is 0 Å². The summed E-state index contributed by atoms with van der Waals surface area (Å²) in [5.74, 6) is 0.352. The quantitative estimate of drug-likeness (QED) is 0.780. The van der Waals surface area contributed by atoms with Gasteiger partial charge in [-0.25, -0.2) is 4.98 Å². The normalized spacial score (nSPS) is 17.1. The Bertz CT molecular complexity index is 430. The second kappa shape index (κ2) is 7.59. The summed E-state index contributed by atoms with van der Waals surface area (Å²) in [6.07, 6.45) is 2.92. The van der Waals surface area contributed by atoms with Crippen molar-refractivity contribution in [1.82, 2.24) is 9.88 Å². The summed E-state index contributed by atoms with van der Waals surface area (Å²) < 4.78 is 4.64. The fourth-order valence-corrected chi connectivity index (χ4v) is 3.14. The number of ether oxygens (including phenoxy) is 1. The van der Waals surface area contributed by atoms with Gasteiger partial charge in [-0.05, 0) is 31.8 Å².